The fraction of sp³-hybridized carbons (Fsp3) is 0.524. The molecule has 4 saturated heterocycles. The van der Waals surface area contributed by atoms with Gasteiger partial charge in [-0.25, -0.2) is 0 Å². The Kier molecular flexibility index (Phi) is 3.43. The predicted octanol–water partition coefficient (Wildman–Crippen LogP) is 2.43. The second-order valence-electron chi connectivity index (χ2n) is 7.93. The predicted molar refractivity (Wildman–Crippen MR) is 98.6 cm³/mol. The normalized spacial score (nSPS) is 40.8. The first-order valence-electron chi connectivity index (χ1n) is 9.43. The van der Waals surface area contributed by atoms with Gasteiger partial charge < -0.3 is 9.84 Å². The van der Waals surface area contributed by atoms with Crippen molar-refractivity contribution in [1.29, 1.82) is 0 Å². The van der Waals surface area contributed by atoms with Gasteiger partial charge >= 0.3 is 5.97 Å². The van der Waals surface area contributed by atoms with Crippen LogP contribution in [0.15, 0.2) is 40.9 Å². The molecule has 1 unspecified atom stereocenters. The third-order valence-electron chi connectivity index (χ3n) is 7.21. The van der Waals surface area contributed by atoms with Gasteiger partial charge in [0.25, 0.3) is 0 Å². The van der Waals surface area contributed by atoms with E-state index in [0.29, 0.717) is 0 Å². The van der Waals surface area contributed by atoms with E-state index in [9.17, 15) is 9.90 Å². The van der Waals surface area contributed by atoms with Crippen LogP contribution in [0.3, 0.4) is 0 Å². The number of aliphatic hydroxyl groups excluding tert-OH is 1. The maximum atomic E-state index is 12.9. The minimum absolute atomic E-state index is 0.0116. The van der Waals surface area contributed by atoms with Gasteiger partial charge in [0.15, 0.2) is 0 Å². The van der Waals surface area contributed by atoms with E-state index in [1.807, 2.05) is 13.0 Å². The summed E-state index contributed by atoms with van der Waals surface area (Å²) in [6.07, 6.45) is 3.76. The molecule has 6 atom stereocenters. The molecular formula is C21H24N2O3. The van der Waals surface area contributed by atoms with E-state index in [-0.39, 0.29) is 36.5 Å². The minimum Gasteiger partial charge on any atom is -0.468 e. The standard InChI is InChI=1S/C21H24N2O3/c1-3-12-10-23-17-9-15(12)21(11-24,20(25)26-2)18(23)8-14-13-6-4-5-7-16(13)22-19(14)17/h3-7,14-15,17-18,24H,8-11H2,1-2H3/t14-,15-,17-,18-,21-/m0/s1. The van der Waals surface area contributed by atoms with E-state index in [1.165, 1.54) is 24.0 Å². The lowest BCUT2D eigenvalue weighted by Crippen LogP contribution is -2.73. The van der Waals surface area contributed by atoms with E-state index in [2.05, 4.69) is 29.2 Å². The van der Waals surface area contributed by atoms with Crippen LogP contribution in [0.4, 0.5) is 5.69 Å². The quantitative estimate of drug-likeness (QED) is 0.656. The minimum atomic E-state index is -0.867. The molecule has 0 spiro atoms. The highest BCUT2D eigenvalue weighted by molar-refractivity contribution is 6.03. The van der Waals surface area contributed by atoms with Gasteiger partial charge in [-0.2, -0.15) is 0 Å². The lowest BCUT2D eigenvalue weighted by molar-refractivity contribution is -0.180. The number of para-hydroxylation sites is 1. The van der Waals surface area contributed by atoms with Gasteiger partial charge in [0, 0.05) is 30.1 Å². The van der Waals surface area contributed by atoms with Gasteiger partial charge in [0.05, 0.1) is 25.4 Å². The molecule has 5 aliphatic heterocycles. The molecule has 1 aromatic carbocycles. The number of carbonyl (C=O) groups excluding carboxylic acids is 1. The summed E-state index contributed by atoms with van der Waals surface area (Å²) in [6, 6.07) is 8.57. The number of aliphatic imine (C=N–C) groups is 1. The van der Waals surface area contributed by atoms with Crippen molar-refractivity contribution in [1.82, 2.24) is 4.90 Å². The van der Waals surface area contributed by atoms with Gasteiger partial charge in [-0.05, 0) is 31.4 Å². The first kappa shape index (κ1) is 16.2. The fourth-order valence-corrected chi connectivity index (χ4v) is 6.05. The zero-order chi connectivity index (χ0) is 18.1. The van der Waals surface area contributed by atoms with E-state index >= 15 is 0 Å². The molecule has 0 aliphatic carbocycles. The number of methoxy groups -OCH3 is 1. The number of carbonyl (C=O) groups is 1. The van der Waals surface area contributed by atoms with Crippen LogP contribution in [0.1, 0.15) is 31.2 Å². The lowest BCUT2D eigenvalue weighted by Gasteiger charge is -2.63. The van der Waals surface area contributed by atoms with Crippen LogP contribution in [0.25, 0.3) is 0 Å². The Morgan fingerprint density at radius 1 is 1.42 bits per heavy atom. The van der Waals surface area contributed by atoms with Crippen molar-refractivity contribution < 1.29 is 14.6 Å². The SMILES string of the molecule is CC=C1CN2[C@H]3C[C@@H]4C(=Nc5ccccc54)[C@@H]2C[C@@H]1[C@]3(CO)C(=O)OC. The molecule has 5 heterocycles. The van der Waals surface area contributed by atoms with Crippen molar-refractivity contribution in [3.63, 3.8) is 0 Å². The molecule has 26 heavy (non-hydrogen) atoms. The second-order valence-corrected chi connectivity index (χ2v) is 7.93. The van der Waals surface area contributed by atoms with E-state index in [4.69, 9.17) is 9.73 Å². The van der Waals surface area contributed by atoms with Gasteiger partial charge in [-0.1, -0.05) is 29.8 Å². The number of benzene rings is 1. The lowest BCUT2D eigenvalue weighted by atomic mass is 9.53. The number of piperidine rings is 4. The highest BCUT2D eigenvalue weighted by Crippen LogP contribution is 2.59. The van der Waals surface area contributed by atoms with Crippen molar-refractivity contribution in [3.05, 3.63) is 41.5 Å². The number of hydrogen-bond donors (Lipinski definition) is 1. The Bertz CT molecular complexity index is 845. The molecule has 5 nitrogen and oxygen atoms in total. The molecule has 0 saturated carbocycles. The molecule has 4 fully saturated rings. The first-order valence-corrected chi connectivity index (χ1v) is 9.43. The highest BCUT2D eigenvalue weighted by Gasteiger charge is 2.66. The number of esters is 1. The van der Waals surface area contributed by atoms with Crippen molar-refractivity contribution in [3.8, 4) is 0 Å². The van der Waals surface area contributed by atoms with E-state index in [1.54, 1.807) is 0 Å². The van der Waals surface area contributed by atoms with Crippen LogP contribution in [0, 0.1) is 11.3 Å². The summed E-state index contributed by atoms with van der Waals surface area (Å²) in [4.78, 5) is 20.3. The third-order valence-corrected chi connectivity index (χ3v) is 7.21. The molecule has 4 bridgehead atoms. The average molecular weight is 352 g/mol. The Morgan fingerprint density at radius 2 is 2.23 bits per heavy atom. The van der Waals surface area contributed by atoms with Crippen molar-refractivity contribution in [2.75, 3.05) is 20.3 Å². The van der Waals surface area contributed by atoms with Crippen LogP contribution >= 0.6 is 0 Å². The second kappa shape index (κ2) is 5.51. The number of fused-ring (bicyclic) bond motifs is 4. The molecule has 0 amide bonds. The van der Waals surface area contributed by atoms with Crippen LogP contribution in [0.2, 0.25) is 0 Å². The van der Waals surface area contributed by atoms with Crippen LogP contribution in [-0.4, -0.2) is 54.0 Å². The summed E-state index contributed by atoms with van der Waals surface area (Å²) >= 11 is 0. The molecule has 1 aromatic rings. The number of rotatable bonds is 2. The number of hydrogen-bond acceptors (Lipinski definition) is 5. The van der Waals surface area contributed by atoms with Gasteiger partial charge in [0.1, 0.15) is 5.41 Å². The summed E-state index contributed by atoms with van der Waals surface area (Å²) in [7, 11) is 1.44. The van der Waals surface area contributed by atoms with Crippen molar-refractivity contribution in [2.24, 2.45) is 16.3 Å². The first-order chi connectivity index (χ1) is 12.7. The molecule has 136 valence electrons. The Morgan fingerprint density at radius 3 is 2.96 bits per heavy atom. The Hall–Kier alpha value is -1.98. The largest absolute Gasteiger partial charge is 0.468 e. The molecular weight excluding hydrogens is 328 g/mol. The zero-order valence-corrected chi connectivity index (χ0v) is 15.2. The summed E-state index contributed by atoms with van der Waals surface area (Å²) in [5.41, 5.74) is 3.95. The Labute approximate surface area is 153 Å². The van der Waals surface area contributed by atoms with E-state index < -0.39 is 5.41 Å². The van der Waals surface area contributed by atoms with Crippen molar-refractivity contribution in [2.45, 2.75) is 37.8 Å². The molecule has 5 heteroatoms. The molecule has 0 aromatic heterocycles. The van der Waals surface area contributed by atoms with Gasteiger partial charge in [-0.15, -0.1) is 0 Å². The maximum absolute atomic E-state index is 12.9. The zero-order valence-electron chi connectivity index (χ0n) is 15.2. The molecule has 1 N–H and O–H groups in total. The smallest absolute Gasteiger partial charge is 0.316 e. The molecule has 0 radical (unpaired) electrons. The maximum Gasteiger partial charge on any atom is 0.316 e. The fourth-order valence-electron chi connectivity index (χ4n) is 6.05. The number of allylic oxidation sites excluding steroid dienone is 1. The third kappa shape index (κ3) is 1.78. The average Bonchev–Trinajstić information content (AvgIpc) is 3.06. The van der Waals surface area contributed by atoms with Gasteiger partial charge in [0.2, 0.25) is 0 Å². The van der Waals surface area contributed by atoms with Crippen molar-refractivity contribution >= 4 is 17.4 Å². The highest BCUT2D eigenvalue weighted by atomic mass is 16.5. The number of ether oxygens (including phenoxy) is 1. The summed E-state index contributed by atoms with van der Waals surface area (Å²) in [6.45, 7) is 2.71. The summed E-state index contributed by atoms with van der Waals surface area (Å²) in [5.74, 6) is 0.00243. The van der Waals surface area contributed by atoms with Crippen LogP contribution < -0.4 is 0 Å². The summed E-state index contributed by atoms with van der Waals surface area (Å²) in [5, 5.41) is 10.4. The summed E-state index contributed by atoms with van der Waals surface area (Å²) < 4.78 is 5.22. The topological polar surface area (TPSA) is 62.1 Å². The van der Waals surface area contributed by atoms with E-state index in [0.717, 1.165) is 25.1 Å². The van der Waals surface area contributed by atoms with Gasteiger partial charge in [-0.3, -0.25) is 14.7 Å². The van der Waals surface area contributed by atoms with Crippen LogP contribution in [-0.2, 0) is 9.53 Å². The monoisotopic (exact) mass is 352 g/mol. The number of nitrogens with zero attached hydrogens (tertiary/aromatic N) is 2. The van der Waals surface area contributed by atoms with Crippen LogP contribution in [0.5, 0.6) is 0 Å². The number of aliphatic hydroxyl groups is 1. The molecule has 5 aliphatic rings. The Balaban J connectivity index is 1.66. The molecule has 6 rings (SSSR count).